The van der Waals surface area contributed by atoms with Crippen LogP contribution < -0.4 is 10.1 Å². The molecule has 0 bridgehead atoms. The first-order valence-electron chi connectivity index (χ1n) is 6.38. The summed E-state index contributed by atoms with van der Waals surface area (Å²) in [7, 11) is 1.60. The lowest BCUT2D eigenvalue weighted by Crippen LogP contribution is -2.11. The van der Waals surface area contributed by atoms with E-state index in [1.165, 1.54) is 6.07 Å². The number of ether oxygens (including phenoxy) is 1. The molecule has 0 spiro atoms. The van der Waals surface area contributed by atoms with E-state index in [0.29, 0.717) is 11.3 Å². The van der Waals surface area contributed by atoms with Gasteiger partial charge in [0.1, 0.15) is 11.6 Å². The van der Waals surface area contributed by atoms with Crippen molar-refractivity contribution >= 4 is 0 Å². The minimum atomic E-state index is -0.232. The molecular formula is C16H18FNO. The summed E-state index contributed by atoms with van der Waals surface area (Å²) in [6, 6.07) is 12.7. The predicted molar refractivity (Wildman–Crippen MR) is 75.8 cm³/mol. The van der Waals surface area contributed by atoms with Crippen LogP contribution in [0.5, 0.6) is 5.75 Å². The van der Waals surface area contributed by atoms with Crippen molar-refractivity contribution in [3.8, 4) is 16.9 Å². The van der Waals surface area contributed by atoms with Gasteiger partial charge in [-0.1, -0.05) is 31.2 Å². The second kappa shape index (κ2) is 6.34. The fourth-order valence-corrected chi connectivity index (χ4v) is 2.03. The second-order valence-electron chi connectivity index (χ2n) is 4.29. The Morgan fingerprint density at radius 2 is 1.89 bits per heavy atom. The smallest absolute Gasteiger partial charge is 0.131 e. The summed E-state index contributed by atoms with van der Waals surface area (Å²) < 4.78 is 19.3. The zero-order chi connectivity index (χ0) is 13.7. The Morgan fingerprint density at radius 3 is 2.63 bits per heavy atom. The maximum absolute atomic E-state index is 14.0. The number of para-hydroxylation sites is 1. The fourth-order valence-electron chi connectivity index (χ4n) is 2.03. The van der Waals surface area contributed by atoms with E-state index in [4.69, 9.17) is 4.74 Å². The highest BCUT2D eigenvalue weighted by Gasteiger charge is 2.10. The molecule has 0 amide bonds. The van der Waals surface area contributed by atoms with Crippen molar-refractivity contribution in [2.75, 3.05) is 13.7 Å². The number of hydrogen-bond donors (Lipinski definition) is 1. The molecular weight excluding hydrogens is 241 g/mol. The van der Waals surface area contributed by atoms with Crippen LogP contribution in [0.15, 0.2) is 42.5 Å². The molecule has 0 radical (unpaired) electrons. The van der Waals surface area contributed by atoms with Gasteiger partial charge in [0, 0.05) is 17.7 Å². The van der Waals surface area contributed by atoms with Crippen molar-refractivity contribution in [1.29, 1.82) is 0 Å². The third-order valence-corrected chi connectivity index (χ3v) is 3.01. The van der Waals surface area contributed by atoms with E-state index in [2.05, 4.69) is 5.32 Å². The van der Waals surface area contributed by atoms with Crippen LogP contribution in [-0.2, 0) is 6.54 Å². The summed E-state index contributed by atoms with van der Waals surface area (Å²) in [4.78, 5) is 0. The molecule has 0 fully saturated rings. The van der Waals surface area contributed by atoms with Gasteiger partial charge in [-0.05, 0) is 30.3 Å². The van der Waals surface area contributed by atoms with Crippen LogP contribution in [0.3, 0.4) is 0 Å². The molecule has 0 aromatic heterocycles. The molecule has 0 aliphatic heterocycles. The molecule has 3 heteroatoms. The number of halogens is 1. The van der Waals surface area contributed by atoms with E-state index < -0.39 is 0 Å². The zero-order valence-corrected chi connectivity index (χ0v) is 11.2. The molecule has 1 N–H and O–H groups in total. The number of nitrogens with one attached hydrogen (secondary N) is 1. The molecule has 100 valence electrons. The molecule has 2 aromatic rings. The van der Waals surface area contributed by atoms with Gasteiger partial charge in [0.05, 0.1) is 7.11 Å². The Balaban J connectivity index is 2.42. The lowest BCUT2D eigenvalue weighted by Gasteiger charge is -2.11. The van der Waals surface area contributed by atoms with Gasteiger partial charge in [-0.25, -0.2) is 4.39 Å². The van der Waals surface area contributed by atoms with Crippen molar-refractivity contribution in [3.05, 3.63) is 53.8 Å². The summed E-state index contributed by atoms with van der Waals surface area (Å²) in [6.45, 7) is 3.67. The number of benzene rings is 2. The monoisotopic (exact) mass is 259 g/mol. The summed E-state index contributed by atoms with van der Waals surface area (Å²) in [5, 5.41) is 3.24. The molecule has 19 heavy (non-hydrogen) atoms. The molecule has 0 saturated heterocycles. The molecule has 0 atom stereocenters. The highest BCUT2D eigenvalue weighted by Crippen LogP contribution is 2.32. The number of rotatable bonds is 5. The average molecular weight is 259 g/mol. The van der Waals surface area contributed by atoms with Gasteiger partial charge >= 0.3 is 0 Å². The first kappa shape index (κ1) is 13.6. The highest BCUT2D eigenvalue weighted by atomic mass is 19.1. The molecule has 2 rings (SSSR count). The van der Waals surface area contributed by atoms with Gasteiger partial charge in [-0.2, -0.15) is 0 Å². The molecule has 0 saturated carbocycles. The molecule has 2 aromatic carbocycles. The molecule has 0 aliphatic rings. The van der Waals surface area contributed by atoms with Crippen molar-refractivity contribution in [2.45, 2.75) is 13.5 Å². The van der Waals surface area contributed by atoms with Crippen LogP contribution in [0.25, 0.3) is 11.1 Å². The van der Waals surface area contributed by atoms with E-state index in [1.54, 1.807) is 13.2 Å². The highest BCUT2D eigenvalue weighted by molar-refractivity contribution is 5.71. The summed E-state index contributed by atoms with van der Waals surface area (Å²) in [6.07, 6.45) is 0. The molecule has 0 heterocycles. The minimum absolute atomic E-state index is 0.232. The largest absolute Gasteiger partial charge is 0.496 e. The summed E-state index contributed by atoms with van der Waals surface area (Å²) in [5.41, 5.74) is 2.41. The van der Waals surface area contributed by atoms with Crippen molar-refractivity contribution < 1.29 is 9.13 Å². The lowest BCUT2D eigenvalue weighted by molar-refractivity contribution is 0.416. The molecule has 2 nitrogen and oxygen atoms in total. The van der Waals surface area contributed by atoms with Gasteiger partial charge in [-0.3, -0.25) is 0 Å². The standard InChI is InChI=1S/C16H18FNO/c1-3-18-11-12-8-9-15(17)14(10-12)13-6-4-5-7-16(13)19-2/h4-10,18H,3,11H2,1-2H3. The van der Waals surface area contributed by atoms with E-state index in [-0.39, 0.29) is 5.82 Å². The molecule has 0 aliphatic carbocycles. The quantitative estimate of drug-likeness (QED) is 0.885. The van der Waals surface area contributed by atoms with Crippen molar-refractivity contribution in [2.24, 2.45) is 0 Å². The van der Waals surface area contributed by atoms with Crippen LogP contribution in [0, 0.1) is 5.82 Å². The first-order chi connectivity index (χ1) is 9.26. The maximum Gasteiger partial charge on any atom is 0.131 e. The summed E-state index contributed by atoms with van der Waals surface area (Å²) >= 11 is 0. The fraction of sp³-hybridized carbons (Fsp3) is 0.250. The third-order valence-electron chi connectivity index (χ3n) is 3.01. The van der Waals surface area contributed by atoms with Crippen LogP contribution in [0.2, 0.25) is 0 Å². The van der Waals surface area contributed by atoms with Gasteiger partial charge < -0.3 is 10.1 Å². The normalized spacial score (nSPS) is 10.5. The average Bonchev–Trinajstić information content (AvgIpc) is 2.46. The van der Waals surface area contributed by atoms with Gasteiger partial charge in [0.15, 0.2) is 0 Å². The zero-order valence-electron chi connectivity index (χ0n) is 11.2. The van der Waals surface area contributed by atoms with Gasteiger partial charge in [0.25, 0.3) is 0 Å². The SMILES string of the molecule is CCNCc1ccc(F)c(-c2ccccc2OC)c1. The lowest BCUT2D eigenvalue weighted by atomic mass is 10.0. The van der Waals surface area contributed by atoms with Crippen LogP contribution in [0.1, 0.15) is 12.5 Å². The van der Waals surface area contributed by atoms with Crippen molar-refractivity contribution in [3.63, 3.8) is 0 Å². The van der Waals surface area contributed by atoms with Crippen LogP contribution in [-0.4, -0.2) is 13.7 Å². The van der Waals surface area contributed by atoms with Crippen molar-refractivity contribution in [1.82, 2.24) is 5.32 Å². The third kappa shape index (κ3) is 3.12. The Hall–Kier alpha value is -1.87. The Morgan fingerprint density at radius 1 is 1.11 bits per heavy atom. The Bertz CT molecular complexity index is 554. The van der Waals surface area contributed by atoms with E-state index in [1.807, 2.05) is 37.3 Å². The van der Waals surface area contributed by atoms with E-state index >= 15 is 0 Å². The maximum atomic E-state index is 14.0. The van der Waals surface area contributed by atoms with E-state index in [0.717, 1.165) is 24.2 Å². The Kier molecular flexibility index (Phi) is 4.53. The van der Waals surface area contributed by atoms with Gasteiger partial charge in [-0.15, -0.1) is 0 Å². The van der Waals surface area contributed by atoms with Crippen LogP contribution in [0.4, 0.5) is 4.39 Å². The summed E-state index contributed by atoms with van der Waals surface area (Å²) in [5.74, 6) is 0.451. The van der Waals surface area contributed by atoms with Crippen LogP contribution >= 0.6 is 0 Å². The van der Waals surface area contributed by atoms with E-state index in [9.17, 15) is 4.39 Å². The topological polar surface area (TPSA) is 21.3 Å². The molecule has 0 unspecified atom stereocenters. The first-order valence-corrected chi connectivity index (χ1v) is 6.38. The Labute approximate surface area is 113 Å². The number of methoxy groups -OCH3 is 1. The minimum Gasteiger partial charge on any atom is -0.496 e. The second-order valence-corrected chi connectivity index (χ2v) is 4.29. The number of hydrogen-bond acceptors (Lipinski definition) is 2. The van der Waals surface area contributed by atoms with Gasteiger partial charge in [0.2, 0.25) is 0 Å². The predicted octanol–water partition coefficient (Wildman–Crippen LogP) is 3.61.